The van der Waals surface area contributed by atoms with Crippen molar-refractivity contribution in [2.75, 3.05) is 26.2 Å². The predicted molar refractivity (Wildman–Crippen MR) is 111 cm³/mol. The van der Waals surface area contributed by atoms with Crippen molar-refractivity contribution in [2.24, 2.45) is 5.92 Å². The lowest BCUT2D eigenvalue weighted by molar-refractivity contribution is -0.138. The summed E-state index contributed by atoms with van der Waals surface area (Å²) in [5.41, 5.74) is 2.11. The molecule has 0 atom stereocenters. The number of thiazole rings is 1. The molecule has 1 aromatic heterocycles. The third-order valence-electron chi connectivity index (χ3n) is 5.69. The van der Waals surface area contributed by atoms with Crippen molar-refractivity contribution >= 4 is 28.8 Å². The van der Waals surface area contributed by atoms with Crippen LogP contribution < -0.4 is 0 Å². The van der Waals surface area contributed by atoms with E-state index in [-0.39, 0.29) is 5.92 Å². The molecule has 0 unspecified atom stereocenters. The smallest absolute Gasteiger partial charge is 0.225 e. The zero-order valence-electron chi connectivity index (χ0n) is 15.6. The van der Waals surface area contributed by atoms with Crippen molar-refractivity contribution in [3.05, 3.63) is 39.7 Å². The lowest BCUT2D eigenvalue weighted by Crippen LogP contribution is -2.50. The zero-order chi connectivity index (χ0) is 18.6. The molecule has 1 aromatic carbocycles. The minimum absolute atomic E-state index is 0.284. The van der Waals surface area contributed by atoms with E-state index in [1.54, 1.807) is 11.3 Å². The van der Waals surface area contributed by atoms with Gasteiger partial charge in [0.1, 0.15) is 5.01 Å². The Bertz CT molecular complexity index is 762. The van der Waals surface area contributed by atoms with Gasteiger partial charge in [0, 0.05) is 48.1 Å². The Labute approximate surface area is 170 Å². The first-order chi connectivity index (χ1) is 13.2. The molecule has 0 spiro atoms. The molecule has 2 aliphatic rings. The third kappa shape index (κ3) is 4.71. The Hall–Kier alpha value is -1.43. The molecule has 2 heterocycles. The first-order valence-electron chi connectivity index (χ1n) is 9.90. The molecule has 0 N–H and O–H groups in total. The first-order valence-corrected chi connectivity index (χ1v) is 11.2. The maximum Gasteiger partial charge on any atom is 0.225 e. The van der Waals surface area contributed by atoms with Crippen LogP contribution in [0.3, 0.4) is 0 Å². The van der Waals surface area contributed by atoms with Gasteiger partial charge < -0.3 is 4.90 Å². The molecule has 27 heavy (non-hydrogen) atoms. The summed E-state index contributed by atoms with van der Waals surface area (Å²) >= 11 is 7.67. The van der Waals surface area contributed by atoms with Crippen molar-refractivity contribution in [3.63, 3.8) is 0 Å². The van der Waals surface area contributed by atoms with Gasteiger partial charge in [-0.3, -0.25) is 9.69 Å². The monoisotopic (exact) mass is 403 g/mol. The standard InChI is InChI=1S/C21H26ClN3OS/c22-18-8-6-16(7-9-18)19-15-27-20(23-19)14-24-10-12-25(13-11-24)21(26)17-4-2-1-3-5-17/h6-9,15,17H,1-5,10-14H2. The number of hydrogen-bond donors (Lipinski definition) is 0. The summed E-state index contributed by atoms with van der Waals surface area (Å²) in [6.07, 6.45) is 5.91. The Kier molecular flexibility index (Phi) is 6.11. The van der Waals surface area contributed by atoms with Crippen LogP contribution in [0.5, 0.6) is 0 Å². The summed E-state index contributed by atoms with van der Waals surface area (Å²) in [5.74, 6) is 0.680. The van der Waals surface area contributed by atoms with E-state index in [2.05, 4.69) is 15.2 Å². The van der Waals surface area contributed by atoms with Gasteiger partial charge in [-0.1, -0.05) is 43.0 Å². The van der Waals surface area contributed by atoms with Gasteiger partial charge in [-0.15, -0.1) is 11.3 Å². The molecular weight excluding hydrogens is 378 g/mol. The second kappa shape index (κ2) is 8.72. The molecule has 2 aromatic rings. The highest BCUT2D eigenvalue weighted by Gasteiger charge is 2.28. The second-order valence-electron chi connectivity index (χ2n) is 7.57. The van der Waals surface area contributed by atoms with Crippen LogP contribution in [0.25, 0.3) is 11.3 Å². The predicted octanol–water partition coefficient (Wildman–Crippen LogP) is 4.69. The summed E-state index contributed by atoms with van der Waals surface area (Å²) in [4.78, 5) is 22.0. The minimum Gasteiger partial charge on any atom is -0.340 e. The molecule has 2 fully saturated rings. The fourth-order valence-corrected chi connectivity index (χ4v) is 5.03. The number of nitrogens with zero attached hydrogens (tertiary/aromatic N) is 3. The molecule has 6 heteroatoms. The SMILES string of the molecule is O=C(C1CCCCC1)N1CCN(Cc2nc(-c3ccc(Cl)cc3)cs2)CC1. The molecule has 1 aliphatic heterocycles. The van der Waals surface area contributed by atoms with Crippen LogP contribution in [0, 0.1) is 5.92 Å². The number of aromatic nitrogens is 1. The molecule has 144 valence electrons. The fraction of sp³-hybridized carbons (Fsp3) is 0.524. The van der Waals surface area contributed by atoms with Gasteiger partial charge in [-0.2, -0.15) is 0 Å². The summed E-state index contributed by atoms with van der Waals surface area (Å²) in [6, 6.07) is 7.82. The number of rotatable bonds is 4. The first kappa shape index (κ1) is 18.9. The highest BCUT2D eigenvalue weighted by Crippen LogP contribution is 2.27. The van der Waals surface area contributed by atoms with E-state index in [1.807, 2.05) is 24.3 Å². The van der Waals surface area contributed by atoms with Crippen molar-refractivity contribution in [2.45, 2.75) is 38.6 Å². The van der Waals surface area contributed by atoms with Crippen LogP contribution in [0.1, 0.15) is 37.1 Å². The lowest BCUT2D eigenvalue weighted by atomic mass is 9.88. The van der Waals surface area contributed by atoms with Gasteiger partial charge in [-0.05, 0) is 25.0 Å². The number of carbonyl (C=O) groups is 1. The number of hydrogen-bond acceptors (Lipinski definition) is 4. The maximum atomic E-state index is 12.7. The Morgan fingerprint density at radius 2 is 1.78 bits per heavy atom. The molecule has 0 radical (unpaired) electrons. The Morgan fingerprint density at radius 3 is 2.48 bits per heavy atom. The van der Waals surface area contributed by atoms with E-state index in [9.17, 15) is 4.79 Å². The topological polar surface area (TPSA) is 36.4 Å². The van der Waals surface area contributed by atoms with Gasteiger partial charge in [0.15, 0.2) is 0 Å². The van der Waals surface area contributed by atoms with E-state index in [0.717, 1.165) is 66.9 Å². The van der Waals surface area contributed by atoms with Crippen LogP contribution in [0.15, 0.2) is 29.6 Å². The molecule has 4 nitrogen and oxygen atoms in total. The van der Waals surface area contributed by atoms with E-state index in [1.165, 1.54) is 19.3 Å². The van der Waals surface area contributed by atoms with Crippen molar-refractivity contribution in [1.82, 2.24) is 14.8 Å². The quantitative estimate of drug-likeness (QED) is 0.743. The third-order valence-corrected chi connectivity index (χ3v) is 6.77. The largest absolute Gasteiger partial charge is 0.340 e. The average Bonchev–Trinajstić information content (AvgIpc) is 3.18. The number of benzene rings is 1. The summed E-state index contributed by atoms with van der Waals surface area (Å²) in [5, 5.41) is 3.99. The zero-order valence-corrected chi connectivity index (χ0v) is 17.1. The molecule has 0 bridgehead atoms. The molecule has 4 rings (SSSR count). The number of halogens is 1. The average molecular weight is 404 g/mol. The van der Waals surface area contributed by atoms with Gasteiger partial charge in [0.25, 0.3) is 0 Å². The fourth-order valence-electron chi connectivity index (χ4n) is 4.06. The van der Waals surface area contributed by atoms with Crippen LogP contribution in [0.4, 0.5) is 0 Å². The summed E-state index contributed by atoms with van der Waals surface area (Å²) in [6.45, 7) is 4.45. The van der Waals surface area contributed by atoms with Gasteiger partial charge in [-0.25, -0.2) is 4.98 Å². The van der Waals surface area contributed by atoms with E-state index in [4.69, 9.17) is 16.6 Å². The van der Waals surface area contributed by atoms with Crippen molar-refractivity contribution in [1.29, 1.82) is 0 Å². The maximum absolute atomic E-state index is 12.7. The number of piperazine rings is 1. The highest BCUT2D eigenvalue weighted by molar-refractivity contribution is 7.09. The highest BCUT2D eigenvalue weighted by atomic mass is 35.5. The van der Waals surface area contributed by atoms with E-state index >= 15 is 0 Å². The molecule has 1 amide bonds. The number of carbonyl (C=O) groups excluding carboxylic acids is 1. The van der Waals surface area contributed by atoms with E-state index < -0.39 is 0 Å². The molecule has 1 saturated heterocycles. The Balaban J connectivity index is 1.29. The van der Waals surface area contributed by atoms with Crippen LogP contribution in [-0.2, 0) is 11.3 Å². The molecule has 1 saturated carbocycles. The summed E-state index contributed by atoms with van der Waals surface area (Å²) < 4.78 is 0. The molecule has 1 aliphatic carbocycles. The van der Waals surface area contributed by atoms with E-state index in [0.29, 0.717) is 5.91 Å². The van der Waals surface area contributed by atoms with Crippen LogP contribution in [0.2, 0.25) is 5.02 Å². The van der Waals surface area contributed by atoms with Gasteiger partial charge >= 0.3 is 0 Å². The van der Waals surface area contributed by atoms with Crippen LogP contribution >= 0.6 is 22.9 Å². The Morgan fingerprint density at radius 1 is 1.07 bits per heavy atom. The second-order valence-corrected chi connectivity index (χ2v) is 8.95. The summed E-state index contributed by atoms with van der Waals surface area (Å²) in [7, 11) is 0. The van der Waals surface area contributed by atoms with Gasteiger partial charge in [0.05, 0.1) is 12.2 Å². The minimum atomic E-state index is 0.284. The van der Waals surface area contributed by atoms with Crippen molar-refractivity contribution in [3.8, 4) is 11.3 Å². The normalized spacial score (nSPS) is 19.4. The van der Waals surface area contributed by atoms with Gasteiger partial charge in [0.2, 0.25) is 5.91 Å². The number of amides is 1. The molecular formula is C21H26ClN3OS. The van der Waals surface area contributed by atoms with Crippen LogP contribution in [-0.4, -0.2) is 46.9 Å². The van der Waals surface area contributed by atoms with Crippen molar-refractivity contribution < 1.29 is 4.79 Å². The lowest BCUT2D eigenvalue weighted by Gasteiger charge is -2.36.